The van der Waals surface area contributed by atoms with Crippen molar-refractivity contribution in [1.82, 2.24) is 4.90 Å². The third-order valence-corrected chi connectivity index (χ3v) is 4.18. The Morgan fingerprint density at radius 2 is 1.94 bits per heavy atom. The van der Waals surface area contributed by atoms with E-state index in [0.29, 0.717) is 18.9 Å². The van der Waals surface area contributed by atoms with Crippen molar-refractivity contribution < 1.29 is 9.59 Å². The van der Waals surface area contributed by atoms with Crippen LogP contribution in [0.3, 0.4) is 0 Å². The Morgan fingerprint density at radius 1 is 1.29 bits per heavy atom. The molecule has 0 aromatic heterocycles. The number of carbonyl (C=O) groups excluding carboxylic acids is 2. The molecule has 0 spiro atoms. The number of hydrogen-bond acceptors (Lipinski definition) is 3. The van der Waals surface area contributed by atoms with E-state index in [9.17, 15) is 9.59 Å². The van der Waals surface area contributed by atoms with Crippen LogP contribution in [0.5, 0.6) is 0 Å². The van der Waals surface area contributed by atoms with Crippen molar-refractivity contribution in [1.29, 1.82) is 0 Å². The van der Waals surface area contributed by atoms with Gasteiger partial charge in [0.05, 0.1) is 6.04 Å². The van der Waals surface area contributed by atoms with Crippen molar-refractivity contribution in [3.05, 3.63) is 0 Å². The quantitative estimate of drug-likeness (QED) is 0.753. The molecule has 17 heavy (non-hydrogen) atoms. The first-order valence-corrected chi connectivity index (χ1v) is 6.71. The molecule has 1 heterocycles. The number of likely N-dealkylation sites (tertiary alicyclic amines) is 1. The van der Waals surface area contributed by atoms with Gasteiger partial charge >= 0.3 is 0 Å². The highest BCUT2D eigenvalue weighted by molar-refractivity contribution is 6.03. The maximum Gasteiger partial charge on any atom is 0.232 e. The molecule has 2 fully saturated rings. The molecule has 2 amide bonds. The fourth-order valence-corrected chi connectivity index (χ4v) is 3.18. The normalized spacial score (nSPS) is 28.8. The van der Waals surface area contributed by atoms with Gasteiger partial charge in [-0.15, -0.1) is 0 Å². The molecule has 4 heteroatoms. The summed E-state index contributed by atoms with van der Waals surface area (Å²) in [5.41, 5.74) is 5.81. The van der Waals surface area contributed by atoms with E-state index >= 15 is 0 Å². The maximum atomic E-state index is 12.0. The summed E-state index contributed by atoms with van der Waals surface area (Å²) in [6.07, 6.45) is 6.24. The molecular weight excluding hydrogens is 216 g/mol. The standard InChI is InChI=1S/C13H22N2O2/c1-9-7-12(16)15(13(9)17)11(8-14)10-5-3-2-4-6-10/h9-11H,2-8,14H2,1H3. The molecular formula is C13H22N2O2. The van der Waals surface area contributed by atoms with Gasteiger partial charge in [-0.2, -0.15) is 0 Å². The highest BCUT2D eigenvalue weighted by Gasteiger charge is 2.42. The van der Waals surface area contributed by atoms with Gasteiger partial charge < -0.3 is 5.73 Å². The van der Waals surface area contributed by atoms with E-state index in [1.165, 1.54) is 24.2 Å². The molecule has 1 aliphatic carbocycles. The molecule has 0 radical (unpaired) electrons. The molecule has 2 atom stereocenters. The number of nitrogens with two attached hydrogens (primary N) is 1. The number of hydrogen-bond donors (Lipinski definition) is 1. The van der Waals surface area contributed by atoms with E-state index in [2.05, 4.69) is 0 Å². The third kappa shape index (κ3) is 2.37. The molecule has 4 nitrogen and oxygen atoms in total. The zero-order chi connectivity index (χ0) is 12.4. The Balaban J connectivity index is 2.11. The van der Waals surface area contributed by atoms with Crippen LogP contribution in [0.15, 0.2) is 0 Å². The van der Waals surface area contributed by atoms with Gasteiger partial charge in [0.2, 0.25) is 11.8 Å². The van der Waals surface area contributed by atoms with Gasteiger partial charge in [0.1, 0.15) is 0 Å². The number of imide groups is 1. The fourth-order valence-electron chi connectivity index (χ4n) is 3.18. The molecule has 2 rings (SSSR count). The SMILES string of the molecule is CC1CC(=O)N(C(CN)C2CCCCC2)C1=O. The van der Waals surface area contributed by atoms with Crippen molar-refractivity contribution >= 4 is 11.8 Å². The second-order valence-electron chi connectivity index (χ2n) is 5.41. The fraction of sp³-hybridized carbons (Fsp3) is 0.846. The van der Waals surface area contributed by atoms with E-state index in [1.54, 1.807) is 0 Å². The summed E-state index contributed by atoms with van der Waals surface area (Å²) < 4.78 is 0. The summed E-state index contributed by atoms with van der Waals surface area (Å²) in [7, 11) is 0. The van der Waals surface area contributed by atoms with Crippen molar-refractivity contribution in [2.45, 2.75) is 51.5 Å². The highest BCUT2D eigenvalue weighted by Crippen LogP contribution is 2.32. The van der Waals surface area contributed by atoms with Crippen LogP contribution in [0.25, 0.3) is 0 Å². The van der Waals surface area contributed by atoms with Gasteiger partial charge in [0.15, 0.2) is 0 Å². The number of carbonyl (C=O) groups is 2. The first-order valence-electron chi connectivity index (χ1n) is 6.71. The number of rotatable bonds is 3. The lowest BCUT2D eigenvalue weighted by molar-refractivity contribution is -0.143. The van der Waals surface area contributed by atoms with Crippen molar-refractivity contribution in [3.63, 3.8) is 0 Å². The third-order valence-electron chi connectivity index (χ3n) is 4.18. The van der Waals surface area contributed by atoms with Crippen LogP contribution in [0.1, 0.15) is 45.4 Å². The largest absolute Gasteiger partial charge is 0.328 e. The second-order valence-corrected chi connectivity index (χ2v) is 5.41. The zero-order valence-electron chi connectivity index (χ0n) is 10.5. The molecule has 1 saturated carbocycles. The maximum absolute atomic E-state index is 12.0. The molecule has 0 bridgehead atoms. The lowest BCUT2D eigenvalue weighted by Gasteiger charge is -2.34. The molecule has 2 aliphatic rings. The first kappa shape index (κ1) is 12.6. The van der Waals surface area contributed by atoms with Gasteiger partial charge in [-0.1, -0.05) is 26.2 Å². The zero-order valence-corrected chi connectivity index (χ0v) is 10.5. The lowest BCUT2D eigenvalue weighted by atomic mass is 9.83. The van der Waals surface area contributed by atoms with E-state index in [0.717, 1.165) is 12.8 Å². The van der Waals surface area contributed by atoms with Crippen molar-refractivity contribution in [2.24, 2.45) is 17.6 Å². The predicted octanol–water partition coefficient (Wildman–Crippen LogP) is 1.29. The number of amides is 2. The summed E-state index contributed by atoms with van der Waals surface area (Å²) in [6.45, 7) is 2.24. The van der Waals surface area contributed by atoms with Gasteiger partial charge in [-0.25, -0.2) is 0 Å². The Hall–Kier alpha value is -0.900. The smallest absolute Gasteiger partial charge is 0.232 e. The number of nitrogens with zero attached hydrogens (tertiary/aromatic N) is 1. The van der Waals surface area contributed by atoms with Crippen LogP contribution >= 0.6 is 0 Å². The Labute approximate surface area is 103 Å². The van der Waals surface area contributed by atoms with E-state index < -0.39 is 0 Å². The topological polar surface area (TPSA) is 63.4 Å². The minimum Gasteiger partial charge on any atom is -0.328 e. The molecule has 0 aromatic rings. The lowest BCUT2D eigenvalue weighted by Crippen LogP contribution is -2.49. The van der Waals surface area contributed by atoms with Crippen molar-refractivity contribution in [2.75, 3.05) is 6.54 Å². The van der Waals surface area contributed by atoms with Gasteiger partial charge in [0.25, 0.3) is 0 Å². The van der Waals surface area contributed by atoms with Crippen LogP contribution < -0.4 is 5.73 Å². The molecule has 1 saturated heterocycles. The second kappa shape index (κ2) is 5.17. The summed E-state index contributed by atoms with van der Waals surface area (Å²) in [5, 5.41) is 0. The van der Waals surface area contributed by atoms with Crippen LogP contribution in [0.4, 0.5) is 0 Å². The molecule has 1 aliphatic heterocycles. The monoisotopic (exact) mass is 238 g/mol. The van der Waals surface area contributed by atoms with Crippen LogP contribution in [-0.2, 0) is 9.59 Å². The van der Waals surface area contributed by atoms with E-state index in [4.69, 9.17) is 5.73 Å². The van der Waals surface area contributed by atoms with Crippen LogP contribution in [0.2, 0.25) is 0 Å². The Bertz CT molecular complexity index is 311. The van der Waals surface area contributed by atoms with E-state index in [-0.39, 0.29) is 23.8 Å². The Morgan fingerprint density at radius 3 is 2.41 bits per heavy atom. The molecule has 96 valence electrons. The summed E-state index contributed by atoms with van der Waals surface area (Å²) in [6, 6.07) is -0.0553. The predicted molar refractivity (Wildman–Crippen MR) is 65.1 cm³/mol. The van der Waals surface area contributed by atoms with Crippen LogP contribution in [-0.4, -0.2) is 29.3 Å². The average Bonchev–Trinajstić information content (AvgIpc) is 2.58. The van der Waals surface area contributed by atoms with Crippen molar-refractivity contribution in [3.8, 4) is 0 Å². The van der Waals surface area contributed by atoms with E-state index in [1.807, 2.05) is 6.92 Å². The Kier molecular flexibility index (Phi) is 3.82. The minimum absolute atomic E-state index is 0.0176. The first-order chi connectivity index (χ1) is 8.15. The van der Waals surface area contributed by atoms with Crippen LogP contribution in [0, 0.1) is 11.8 Å². The highest BCUT2D eigenvalue weighted by atomic mass is 16.2. The van der Waals surface area contributed by atoms with Gasteiger partial charge in [0, 0.05) is 18.9 Å². The molecule has 2 N–H and O–H groups in total. The average molecular weight is 238 g/mol. The van der Waals surface area contributed by atoms with Gasteiger partial charge in [-0.05, 0) is 18.8 Å². The molecule has 2 unspecified atom stereocenters. The summed E-state index contributed by atoms with van der Waals surface area (Å²) in [5.74, 6) is 0.228. The minimum atomic E-state index is -0.153. The van der Waals surface area contributed by atoms with Gasteiger partial charge in [-0.3, -0.25) is 14.5 Å². The molecule has 0 aromatic carbocycles. The summed E-state index contributed by atoms with van der Waals surface area (Å²) in [4.78, 5) is 25.4. The summed E-state index contributed by atoms with van der Waals surface area (Å²) >= 11 is 0.